The van der Waals surface area contributed by atoms with Crippen molar-refractivity contribution in [3.63, 3.8) is 0 Å². The van der Waals surface area contributed by atoms with Crippen molar-refractivity contribution in [1.82, 2.24) is 5.32 Å². The molecule has 4 heteroatoms. The summed E-state index contributed by atoms with van der Waals surface area (Å²) in [5.41, 5.74) is 2.95. The second kappa shape index (κ2) is 7.36. The molecule has 1 rings (SSSR count). The molecule has 0 aliphatic heterocycles. The summed E-state index contributed by atoms with van der Waals surface area (Å²) >= 11 is 0. The Morgan fingerprint density at radius 2 is 2.06 bits per heavy atom. The number of benzene rings is 1. The van der Waals surface area contributed by atoms with E-state index in [4.69, 9.17) is 9.84 Å². The van der Waals surface area contributed by atoms with Gasteiger partial charge in [0.2, 0.25) is 0 Å². The summed E-state index contributed by atoms with van der Waals surface area (Å²) in [5, 5.41) is 22.0. The Morgan fingerprint density at radius 1 is 1.33 bits per heavy atom. The number of hydrogen-bond acceptors (Lipinski definition) is 4. The Kier molecular flexibility index (Phi) is 6.12. The van der Waals surface area contributed by atoms with Gasteiger partial charge in [0.1, 0.15) is 5.75 Å². The molecule has 0 aliphatic rings. The van der Waals surface area contributed by atoms with Crippen LogP contribution in [0.3, 0.4) is 0 Å². The minimum Gasteiger partial charge on any atom is -0.496 e. The van der Waals surface area contributed by atoms with Crippen molar-refractivity contribution < 1.29 is 14.9 Å². The molecule has 1 aromatic rings. The predicted octanol–water partition coefficient (Wildman–Crippen LogP) is 1.32. The van der Waals surface area contributed by atoms with Crippen molar-refractivity contribution in [3.05, 3.63) is 28.8 Å². The van der Waals surface area contributed by atoms with E-state index in [2.05, 4.69) is 5.32 Å². The Balaban J connectivity index is 2.74. The Labute approximate surface area is 109 Å². The van der Waals surface area contributed by atoms with Crippen LogP contribution in [-0.2, 0) is 0 Å². The van der Waals surface area contributed by atoms with Crippen LogP contribution < -0.4 is 10.1 Å². The van der Waals surface area contributed by atoms with Crippen LogP contribution in [0.2, 0.25) is 0 Å². The summed E-state index contributed by atoms with van der Waals surface area (Å²) in [5.74, 6) is 0.747. The molecule has 0 fully saturated rings. The molecule has 1 atom stereocenters. The first-order valence-electron chi connectivity index (χ1n) is 6.25. The summed E-state index contributed by atoms with van der Waals surface area (Å²) in [7, 11) is 1.62. The van der Waals surface area contributed by atoms with Gasteiger partial charge in [0.15, 0.2) is 0 Å². The molecule has 4 nitrogen and oxygen atoms in total. The maximum atomic E-state index is 10.2. The Hall–Kier alpha value is -1.10. The number of aliphatic hydroxyl groups is 2. The predicted molar refractivity (Wildman–Crippen MR) is 72.0 cm³/mol. The van der Waals surface area contributed by atoms with Gasteiger partial charge in [0, 0.05) is 18.7 Å². The molecule has 0 aromatic heterocycles. The van der Waals surface area contributed by atoms with Crippen molar-refractivity contribution in [2.24, 2.45) is 0 Å². The maximum Gasteiger partial charge on any atom is 0.127 e. The number of hydrogen-bond donors (Lipinski definition) is 3. The van der Waals surface area contributed by atoms with Crippen LogP contribution in [0, 0.1) is 13.8 Å². The molecule has 0 saturated heterocycles. The molecule has 1 aromatic carbocycles. The Bertz CT molecular complexity index is 380. The van der Waals surface area contributed by atoms with Gasteiger partial charge in [-0.2, -0.15) is 0 Å². The average Bonchev–Trinajstić information content (AvgIpc) is 2.33. The second-order valence-electron chi connectivity index (χ2n) is 4.50. The highest BCUT2D eigenvalue weighted by atomic mass is 16.5. The lowest BCUT2D eigenvalue weighted by molar-refractivity contribution is 0.169. The van der Waals surface area contributed by atoms with Gasteiger partial charge in [-0.25, -0.2) is 0 Å². The smallest absolute Gasteiger partial charge is 0.127 e. The monoisotopic (exact) mass is 253 g/mol. The van der Waals surface area contributed by atoms with Crippen LogP contribution in [0.5, 0.6) is 5.75 Å². The summed E-state index contributed by atoms with van der Waals surface area (Å²) in [4.78, 5) is 0. The number of methoxy groups -OCH3 is 1. The third kappa shape index (κ3) is 3.98. The van der Waals surface area contributed by atoms with E-state index in [-0.39, 0.29) is 6.61 Å². The SMILES string of the molecule is COc1c(C)cc(C)cc1C(O)CNCCCO. The summed E-state index contributed by atoms with van der Waals surface area (Å²) in [6, 6.07) is 3.98. The molecular formula is C14H23NO3. The number of aryl methyl sites for hydroxylation is 2. The standard InChI is InChI=1S/C14H23NO3/c1-10-7-11(2)14(18-3)12(8-10)13(17)9-15-5-4-6-16/h7-8,13,15-17H,4-6,9H2,1-3H3. The lowest BCUT2D eigenvalue weighted by atomic mass is 10.0. The number of rotatable bonds is 7. The zero-order chi connectivity index (χ0) is 13.5. The fourth-order valence-electron chi connectivity index (χ4n) is 2.07. The van der Waals surface area contributed by atoms with Crippen LogP contribution in [0.25, 0.3) is 0 Å². The van der Waals surface area contributed by atoms with Crippen molar-refractivity contribution in [2.75, 3.05) is 26.8 Å². The first-order valence-corrected chi connectivity index (χ1v) is 6.25. The fourth-order valence-corrected chi connectivity index (χ4v) is 2.07. The molecule has 0 radical (unpaired) electrons. The lowest BCUT2D eigenvalue weighted by Crippen LogP contribution is -2.23. The zero-order valence-corrected chi connectivity index (χ0v) is 11.4. The van der Waals surface area contributed by atoms with Gasteiger partial charge in [0.25, 0.3) is 0 Å². The minimum atomic E-state index is -0.600. The highest BCUT2D eigenvalue weighted by Crippen LogP contribution is 2.29. The summed E-state index contributed by atoms with van der Waals surface area (Å²) in [6.07, 6.45) is 0.0914. The molecule has 0 spiro atoms. The molecule has 18 heavy (non-hydrogen) atoms. The van der Waals surface area contributed by atoms with Crippen LogP contribution in [0.1, 0.15) is 29.2 Å². The largest absolute Gasteiger partial charge is 0.496 e. The van der Waals surface area contributed by atoms with Crippen LogP contribution in [-0.4, -0.2) is 37.0 Å². The minimum absolute atomic E-state index is 0.163. The topological polar surface area (TPSA) is 61.7 Å². The van der Waals surface area contributed by atoms with Gasteiger partial charge in [-0.15, -0.1) is 0 Å². The van der Waals surface area contributed by atoms with Crippen LogP contribution >= 0.6 is 0 Å². The summed E-state index contributed by atoms with van der Waals surface area (Å²) < 4.78 is 5.35. The number of ether oxygens (including phenoxy) is 1. The molecule has 0 saturated carbocycles. The van der Waals surface area contributed by atoms with Gasteiger partial charge in [-0.1, -0.05) is 11.6 Å². The van der Waals surface area contributed by atoms with E-state index in [0.717, 1.165) is 22.4 Å². The molecule has 1 unspecified atom stereocenters. The van der Waals surface area contributed by atoms with Crippen molar-refractivity contribution in [2.45, 2.75) is 26.4 Å². The Morgan fingerprint density at radius 3 is 2.67 bits per heavy atom. The number of nitrogens with one attached hydrogen (secondary N) is 1. The van der Waals surface area contributed by atoms with Crippen LogP contribution in [0.4, 0.5) is 0 Å². The van der Waals surface area contributed by atoms with E-state index in [9.17, 15) is 5.11 Å². The average molecular weight is 253 g/mol. The molecular weight excluding hydrogens is 230 g/mol. The molecule has 102 valence electrons. The third-order valence-electron chi connectivity index (χ3n) is 2.86. The zero-order valence-electron chi connectivity index (χ0n) is 11.4. The summed E-state index contributed by atoms with van der Waals surface area (Å²) in [6.45, 7) is 5.29. The van der Waals surface area contributed by atoms with E-state index in [0.29, 0.717) is 19.5 Å². The maximum absolute atomic E-state index is 10.2. The highest BCUT2D eigenvalue weighted by Gasteiger charge is 2.15. The van der Waals surface area contributed by atoms with E-state index in [1.54, 1.807) is 7.11 Å². The quantitative estimate of drug-likeness (QED) is 0.641. The highest BCUT2D eigenvalue weighted by molar-refractivity contribution is 5.45. The first-order chi connectivity index (χ1) is 8.60. The second-order valence-corrected chi connectivity index (χ2v) is 4.50. The van der Waals surface area contributed by atoms with Crippen molar-refractivity contribution in [1.29, 1.82) is 0 Å². The van der Waals surface area contributed by atoms with Crippen molar-refractivity contribution >= 4 is 0 Å². The fraction of sp³-hybridized carbons (Fsp3) is 0.571. The van der Waals surface area contributed by atoms with Crippen LogP contribution in [0.15, 0.2) is 12.1 Å². The van der Waals surface area contributed by atoms with Gasteiger partial charge < -0.3 is 20.3 Å². The van der Waals surface area contributed by atoms with E-state index < -0.39 is 6.10 Å². The van der Waals surface area contributed by atoms with E-state index >= 15 is 0 Å². The van der Waals surface area contributed by atoms with Gasteiger partial charge in [-0.3, -0.25) is 0 Å². The molecule has 0 heterocycles. The van der Waals surface area contributed by atoms with Gasteiger partial charge >= 0.3 is 0 Å². The third-order valence-corrected chi connectivity index (χ3v) is 2.86. The normalized spacial score (nSPS) is 12.5. The molecule has 0 aliphatic carbocycles. The molecule has 0 bridgehead atoms. The van der Waals surface area contributed by atoms with E-state index in [1.165, 1.54) is 0 Å². The lowest BCUT2D eigenvalue weighted by Gasteiger charge is -2.18. The number of aliphatic hydroxyl groups excluding tert-OH is 2. The molecule has 0 amide bonds. The molecule has 3 N–H and O–H groups in total. The van der Waals surface area contributed by atoms with E-state index in [1.807, 2.05) is 26.0 Å². The first kappa shape index (κ1) is 15.0. The van der Waals surface area contributed by atoms with Gasteiger partial charge in [-0.05, 0) is 38.4 Å². The van der Waals surface area contributed by atoms with Gasteiger partial charge in [0.05, 0.1) is 13.2 Å². The van der Waals surface area contributed by atoms with Crippen molar-refractivity contribution in [3.8, 4) is 5.75 Å².